The number of pyridine rings is 1. The van der Waals surface area contributed by atoms with E-state index in [0.717, 1.165) is 18.3 Å². The van der Waals surface area contributed by atoms with Gasteiger partial charge >= 0.3 is 5.97 Å². The summed E-state index contributed by atoms with van der Waals surface area (Å²) in [7, 11) is 0. The van der Waals surface area contributed by atoms with Crippen LogP contribution in [0.2, 0.25) is 0 Å². The van der Waals surface area contributed by atoms with E-state index in [0.29, 0.717) is 25.7 Å². The third-order valence-corrected chi connectivity index (χ3v) is 6.95. The van der Waals surface area contributed by atoms with Crippen LogP contribution in [0.15, 0.2) is 35.3 Å². The van der Waals surface area contributed by atoms with Gasteiger partial charge in [0, 0.05) is 18.7 Å². The lowest BCUT2D eigenvalue weighted by Crippen LogP contribution is -2.30. The van der Waals surface area contributed by atoms with E-state index in [-0.39, 0.29) is 47.9 Å². The van der Waals surface area contributed by atoms with Crippen LogP contribution < -0.4 is 15.5 Å². The van der Waals surface area contributed by atoms with Crippen LogP contribution in [0, 0.1) is 35.1 Å². The molecule has 0 bridgehead atoms. The quantitative estimate of drug-likeness (QED) is 0.294. The Morgan fingerprint density at radius 2 is 1.74 bits per heavy atom. The van der Waals surface area contributed by atoms with E-state index in [1.807, 2.05) is 0 Å². The van der Waals surface area contributed by atoms with Crippen molar-refractivity contribution in [3.63, 3.8) is 0 Å². The van der Waals surface area contributed by atoms with Crippen LogP contribution in [0.25, 0.3) is 10.9 Å². The maximum absolute atomic E-state index is 15.5. The topological polar surface area (TPSA) is 86.6 Å². The normalized spacial score (nSPS) is 17.2. The Morgan fingerprint density at radius 3 is 2.41 bits per heavy atom. The molecule has 0 radical (unpaired) electrons. The van der Waals surface area contributed by atoms with E-state index in [2.05, 4.69) is 5.32 Å². The fourth-order valence-electron chi connectivity index (χ4n) is 4.82. The predicted octanol–water partition coefficient (Wildman–Crippen LogP) is 5.58. The summed E-state index contributed by atoms with van der Waals surface area (Å²) in [4.78, 5) is 37.9. The molecule has 1 aromatic heterocycles. The summed E-state index contributed by atoms with van der Waals surface area (Å²) < 4.78 is 69.3. The molecule has 0 aliphatic heterocycles. The van der Waals surface area contributed by atoms with E-state index in [1.165, 1.54) is 16.7 Å². The van der Waals surface area contributed by atoms with Crippen LogP contribution in [0.5, 0.6) is 5.75 Å². The summed E-state index contributed by atoms with van der Waals surface area (Å²) in [6.45, 7) is 3.55. The Labute approximate surface area is 221 Å². The number of hydrogen-bond donors (Lipinski definition) is 1. The highest BCUT2D eigenvalue weighted by Crippen LogP contribution is 2.33. The second-order valence-corrected chi connectivity index (χ2v) is 9.39. The molecule has 0 unspecified atom stereocenters. The van der Waals surface area contributed by atoms with E-state index < -0.39 is 52.2 Å². The molecule has 0 saturated heterocycles. The average molecular weight is 549 g/mol. The van der Waals surface area contributed by atoms with Gasteiger partial charge in [0.2, 0.25) is 17.2 Å². The van der Waals surface area contributed by atoms with Gasteiger partial charge in [-0.05, 0) is 63.6 Å². The molecule has 7 nitrogen and oxygen atoms in total. The minimum atomic E-state index is -1.15. The number of nitrogens with zero attached hydrogens (tertiary/aromatic N) is 1. The monoisotopic (exact) mass is 548 g/mol. The number of anilines is 1. The number of nitrogens with one attached hydrogen (secondary N) is 1. The number of fused-ring (bicyclic) bond motifs is 1. The number of hydrogen-bond acceptors (Lipinski definition) is 5. The molecule has 1 N–H and O–H groups in total. The van der Waals surface area contributed by atoms with Gasteiger partial charge in [0.05, 0.1) is 24.1 Å². The molecule has 39 heavy (non-hydrogen) atoms. The fraction of sp³-hybridized carbons (Fsp3) is 0.393. The van der Waals surface area contributed by atoms with Crippen LogP contribution in [0.1, 0.15) is 49.9 Å². The third kappa shape index (κ3) is 5.76. The highest BCUT2D eigenvalue weighted by atomic mass is 19.2. The summed E-state index contributed by atoms with van der Waals surface area (Å²) in [5.74, 6) is -6.51. The molecule has 11 heteroatoms. The molecular formula is C28H28F4N2O5. The Balaban J connectivity index is 1.48. The van der Waals surface area contributed by atoms with Gasteiger partial charge in [-0.25, -0.2) is 18.0 Å². The number of aromatic nitrogens is 1. The smallest absolute Gasteiger partial charge is 0.343 e. The van der Waals surface area contributed by atoms with Gasteiger partial charge in [0.15, 0.2) is 23.2 Å². The molecule has 0 spiro atoms. The summed E-state index contributed by atoms with van der Waals surface area (Å²) in [5, 5.41) is 1.99. The van der Waals surface area contributed by atoms with E-state index in [1.54, 1.807) is 13.8 Å². The molecule has 1 aliphatic carbocycles. The molecule has 3 aromatic rings. The van der Waals surface area contributed by atoms with Gasteiger partial charge in [0.25, 0.3) is 0 Å². The van der Waals surface area contributed by atoms with Gasteiger partial charge in [-0.2, -0.15) is 4.39 Å². The minimum absolute atomic E-state index is 0.00144. The van der Waals surface area contributed by atoms with Crippen LogP contribution in [0.3, 0.4) is 0 Å². The number of esters is 1. The third-order valence-electron chi connectivity index (χ3n) is 6.95. The number of amides is 1. The molecule has 1 heterocycles. The van der Waals surface area contributed by atoms with Crippen LogP contribution >= 0.6 is 0 Å². The molecule has 4 rings (SSSR count). The van der Waals surface area contributed by atoms with E-state index in [9.17, 15) is 27.6 Å². The van der Waals surface area contributed by atoms with Crippen molar-refractivity contribution in [2.24, 2.45) is 11.8 Å². The number of carbonyl (C=O) groups is 2. The second kappa shape index (κ2) is 11.9. The Morgan fingerprint density at radius 1 is 1.03 bits per heavy atom. The zero-order valence-electron chi connectivity index (χ0n) is 21.5. The van der Waals surface area contributed by atoms with Crippen LogP contribution in [-0.4, -0.2) is 29.7 Å². The average Bonchev–Trinajstić information content (AvgIpc) is 2.92. The molecule has 2 aromatic carbocycles. The number of rotatable bonds is 8. The van der Waals surface area contributed by atoms with Gasteiger partial charge < -0.3 is 19.4 Å². The maximum atomic E-state index is 15.5. The standard InChI is InChI=1S/C28H28F4N2O5/c1-3-34-13-18(28(37)38-4-2)26(35)17-12-20(30)24(23(32)25(17)34)33-27(36)16-10-8-15(9-11-16)14-39-21-7-5-6-19(29)22(21)31/h5-7,12-13,15-16H,3-4,8-11,14H2,1-2H3,(H,33,36). The number of carbonyl (C=O) groups excluding carboxylic acids is 2. The van der Waals surface area contributed by atoms with Crippen molar-refractivity contribution in [2.75, 3.05) is 18.5 Å². The minimum Gasteiger partial charge on any atom is -0.490 e. The van der Waals surface area contributed by atoms with E-state index in [4.69, 9.17) is 9.47 Å². The SMILES string of the molecule is CCOC(=O)c1cn(CC)c2c(F)c(NC(=O)C3CCC(COc4cccc(F)c4F)CC3)c(F)cc2c1=O. The van der Waals surface area contributed by atoms with Crippen molar-refractivity contribution in [3.05, 3.63) is 69.5 Å². The van der Waals surface area contributed by atoms with Crippen molar-refractivity contribution in [1.82, 2.24) is 4.57 Å². The summed E-state index contributed by atoms with van der Waals surface area (Å²) in [6, 6.07) is 4.49. The number of ether oxygens (including phenoxy) is 2. The Bertz CT molecular complexity index is 1460. The van der Waals surface area contributed by atoms with Crippen LogP contribution in [0.4, 0.5) is 23.2 Å². The van der Waals surface area contributed by atoms with Gasteiger partial charge in [0.1, 0.15) is 11.3 Å². The first kappa shape index (κ1) is 28.1. The van der Waals surface area contributed by atoms with Crippen molar-refractivity contribution in [3.8, 4) is 5.75 Å². The lowest BCUT2D eigenvalue weighted by atomic mass is 9.82. The summed E-state index contributed by atoms with van der Waals surface area (Å²) >= 11 is 0. The van der Waals surface area contributed by atoms with Gasteiger partial charge in [-0.1, -0.05) is 6.07 Å². The van der Waals surface area contributed by atoms with Crippen molar-refractivity contribution in [2.45, 2.75) is 46.1 Å². The van der Waals surface area contributed by atoms with Crippen molar-refractivity contribution in [1.29, 1.82) is 0 Å². The predicted molar refractivity (Wildman–Crippen MR) is 136 cm³/mol. The second-order valence-electron chi connectivity index (χ2n) is 9.39. The molecule has 0 atom stereocenters. The first-order chi connectivity index (χ1) is 18.7. The number of aryl methyl sites for hydroxylation is 1. The lowest BCUT2D eigenvalue weighted by molar-refractivity contribution is -0.121. The number of halogens is 4. The van der Waals surface area contributed by atoms with E-state index >= 15 is 4.39 Å². The fourth-order valence-corrected chi connectivity index (χ4v) is 4.82. The molecule has 1 aliphatic rings. The van der Waals surface area contributed by atoms with Crippen LogP contribution in [-0.2, 0) is 16.1 Å². The molecule has 1 saturated carbocycles. The molecule has 1 fully saturated rings. The zero-order valence-corrected chi connectivity index (χ0v) is 21.5. The Hall–Kier alpha value is -3.89. The summed E-state index contributed by atoms with van der Waals surface area (Å²) in [6.07, 6.45) is 3.07. The van der Waals surface area contributed by atoms with Crippen molar-refractivity contribution >= 4 is 28.5 Å². The molecular weight excluding hydrogens is 520 g/mol. The lowest BCUT2D eigenvalue weighted by Gasteiger charge is -2.28. The zero-order chi connectivity index (χ0) is 28.3. The van der Waals surface area contributed by atoms with Gasteiger partial charge in [-0.15, -0.1) is 0 Å². The Kier molecular flexibility index (Phi) is 8.57. The van der Waals surface area contributed by atoms with Crippen molar-refractivity contribution < 1.29 is 36.6 Å². The largest absolute Gasteiger partial charge is 0.490 e. The number of benzene rings is 2. The highest BCUT2D eigenvalue weighted by molar-refractivity contribution is 5.98. The summed E-state index contributed by atoms with van der Waals surface area (Å²) in [5.41, 5.74) is -2.13. The molecule has 1 amide bonds. The first-order valence-corrected chi connectivity index (χ1v) is 12.8. The van der Waals surface area contributed by atoms with Gasteiger partial charge in [-0.3, -0.25) is 9.59 Å². The molecule has 208 valence electrons. The first-order valence-electron chi connectivity index (χ1n) is 12.8. The highest BCUT2D eigenvalue weighted by Gasteiger charge is 2.29. The maximum Gasteiger partial charge on any atom is 0.343 e.